The first-order valence-corrected chi connectivity index (χ1v) is 23.8. The number of halogens is 3. The first-order valence-electron chi connectivity index (χ1n) is 23.0. The number of ether oxygens (including phenoxy) is 1. The van der Waals surface area contributed by atoms with E-state index in [9.17, 15) is 9.50 Å². The molecule has 0 amide bonds. The number of aromatic nitrogens is 3. The number of aliphatic imine (C=N–C) groups is 1. The Kier molecular flexibility index (Phi) is 10.8. The third kappa shape index (κ3) is 7.56. The summed E-state index contributed by atoms with van der Waals surface area (Å²) in [4.78, 5) is 16.6. The molecule has 3 fully saturated rings. The molecule has 0 bridgehead atoms. The highest BCUT2D eigenvalue weighted by atomic mass is 32.1. The predicted octanol–water partition coefficient (Wildman–Crippen LogP) is 9.54. The molecule has 2 aromatic heterocycles. The highest BCUT2D eigenvalue weighted by Crippen LogP contribution is 2.49. The number of hydrogen-bond acceptors (Lipinski definition) is 10. The molecule has 6 aromatic rings. The zero-order valence-electron chi connectivity index (χ0n) is 37.9. The van der Waals surface area contributed by atoms with Crippen molar-refractivity contribution in [2.75, 3.05) is 75.2 Å². The molecule has 14 heteroatoms. The van der Waals surface area contributed by atoms with E-state index in [1.165, 1.54) is 33.8 Å². The highest BCUT2D eigenvalue weighted by Gasteiger charge is 2.36. The van der Waals surface area contributed by atoms with Crippen molar-refractivity contribution < 1.29 is 23.0 Å². The van der Waals surface area contributed by atoms with Gasteiger partial charge in [0.05, 0.1) is 11.3 Å². The van der Waals surface area contributed by atoms with Crippen LogP contribution in [0.1, 0.15) is 75.9 Å². The standard InChI is InChI=1S/C52H53F3N8O2S/c1-29-32(4)66-52-47(29)49(56-31(3)51-58-57-33(5)63(51)52)36-6-10-39(11-7-36)61-25-34(26-61)23-59-16-18-60(19-17-59)24-35-27-62(28-35)40-12-8-37(9-13-40)50-46(48-43(54)20-38(53)21-44(48)55)30(2)42-22-41(64)14-15-45(42)65-50/h6-15,20-22,31,34-35,50,64H,16-19,23-28H2,1-5H3/t31-,50+/m0/s1. The van der Waals surface area contributed by atoms with Gasteiger partial charge in [0.2, 0.25) is 0 Å². The quantitative estimate of drug-likeness (QED) is 0.154. The van der Waals surface area contributed by atoms with Crippen molar-refractivity contribution in [2.24, 2.45) is 16.8 Å². The van der Waals surface area contributed by atoms with Crippen LogP contribution in [0.3, 0.4) is 0 Å². The van der Waals surface area contributed by atoms with Crippen molar-refractivity contribution in [3.8, 4) is 16.5 Å². The van der Waals surface area contributed by atoms with Crippen LogP contribution in [0, 0.1) is 50.1 Å². The predicted molar refractivity (Wildman–Crippen MR) is 255 cm³/mol. The van der Waals surface area contributed by atoms with Gasteiger partial charge in [0, 0.05) is 128 Å². The number of aromatic hydroxyl groups is 1. The number of thiophene rings is 1. The molecule has 7 heterocycles. The van der Waals surface area contributed by atoms with E-state index in [1.807, 2.05) is 31.2 Å². The van der Waals surface area contributed by atoms with Gasteiger partial charge in [0.25, 0.3) is 0 Å². The van der Waals surface area contributed by atoms with Gasteiger partial charge >= 0.3 is 0 Å². The van der Waals surface area contributed by atoms with Crippen molar-refractivity contribution in [1.29, 1.82) is 0 Å². The lowest BCUT2D eigenvalue weighted by Gasteiger charge is -2.46. The number of allylic oxidation sites excluding steroid dienone is 1. The summed E-state index contributed by atoms with van der Waals surface area (Å²) in [5.74, 6) is 0.538. The molecule has 4 aromatic carbocycles. The molecular formula is C52H53F3N8O2S. The van der Waals surface area contributed by atoms with E-state index in [1.54, 1.807) is 24.3 Å². The third-order valence-electron chi connectivity index (χ3n) is 14.4. The van der Waals surface area contributed by atoms with Gasteiger partial charge in [-0.3, -0.25) is 9.56 Å². The van der Waals surface area contributed by atoms with Crippen LogP contribution >= 0.6 is 11.3 Å². The van der Waals surface area contributed by atoms with Crippen molar-refractivity contribution in [3.63, 3.8) is 0 Å². The number of aryl methyl sites for hydroxylation is 2. The number of hydrogen-bond donors (Lipinski definition) is 1. The molecule has 66 heavy (non-hydrogen) atoms. The van der Waals surface area contributed by atoms with Gasteiger partial charge in [-0.15, -0.1) is 21.5 Å². The Morgan fingerprint density at radius 3 is 1.92 bits per heavy atom. The fourth-order valence-electron chi connectivity index (χ4n) is 10.6. The Balaban J connectivity index is 0.657. The summed E-state index contributed by atoms with van der Waals surface area (Å²) < 4.78 is 53.1. The molecule has 0 saturated carbocycles. The van der Waals surface area contributed by atoms with Gasteiger partial charge in [-0.05, 0) is 93.8 Å². The second-order valence-corrected chi connectivity index (χ2v) is 20.0. The van der Waals surface area contributed by atoms with E-state index < -0.39 is 23.6 Å². The minimum atomic E-state index is -1.00. The third-order valence-corrected chi connectivity index (χ3v) is 15.6. The van der Waals surface area contributed by atoms with E-state index in [2.05, 4.69) is 79.4 Å². The molecule has 3 saturated heterocycles. The van der Waals surface area contributed by atoms with E-state index in [4.69, 9.17) is 9.73 Å². The van der Waals surface area contributed by atoms with Crippen LogP contribution in [0.4, 0.5) is 24.5 Å². The van der Waals surface area contributed by atoms with Crippen LogP contribution in [-0.4, -0.2) is 101 Å². The summed E-state index contributed by atoms with van der Waals surface area (Å²) in [5, 5.41) is 20.2. The monoisotopic (exact) mass is 910 g/mol. The number of benzene rings is 4. The normalized spacial score (nSPS) is 20.3. The molecule has 0 radical (unpaired) electrons. The number of nitrogens with zero attached hydrogens (tertiary/aromatic N) is 8. The van der Waals surface area contributed by atoms with Gasteiger partial charge in [0.15, 0.2) is 5.82 Å². The molecule has 11 rings (SSSR count). The molecule has 5 aliphatic rings. The topological polar surface area (TPSA) is 85.5 Å². The molecule has 10 nitrogen and oxygen atoms in total. The first kappa shape index (κ1) is 42.7. The van der Waals surface area contributed by atoms with Gasteiger partial charge < -0.3 is 29.4 Å². The van der Waals surface area contributed by atoms with Gasteiger partial charge in [-0.2, -0.15) is 0 Å². The number of phenols is 1. The second-order valence-electron chi connectivity index (χ2n) is 18.8. The minimum Gasteiger partial charge on any atom is -0.508 e. The molecule has 5 aliphatic heterocycles. The van der Waals surface area contributed by atoms with Crippen molar-refractivity contribution in [2.45, 2.75) is 46.8 Å². The Morgan fingerprint density at radius 2 is 1.32 bits per heavy atom. The maximum Gasteiger partial charge on any atom is 0.162 e. The lowest BCUT2D eigenvalue weighted by Crippen LogP contribution is -2.57. The maximum absolute atomic E-state index is 15.3. The fraction of sp³-hybridized carbons (Fsp3) is 0.365. The maximum atomic E-state index is 15.3. The summed E-state index contributed by atoms with van der Waals surface area (Å²) in [6.45, 7) is 20.9. The number of phenolic OH excluding ortho intramolecular Hbond substituents is 1. The number of rotatable bonds is 9. The number of anilines is 2. The van der Waals surface area contributed by atoms with Gasteiger partial charge in [-0.25, -0.2) is 13.2 Å². The Labute approximate surface area is 387 Å². The highest BCUT2D eigenvalue weighted by molar-refractivity contribution is 7.15. The molecule has 1 N–H and O–H groups in total. The zero-order chi connectivity index (χ0) is 45.5. The van der Waals surface area contributed by atoms with Gasteiger partial charge in [-0.1, -0.05) is 24.3 Å². The first-order chi connectivity index (χ1) is 31.9. The Hall–Kier alpha value is -5.96. The Morgan fingerprint density at radius 1 is 0.727 bits per heavy atom. The summed E-state index contributed by atoms with van der Waals surface area (Å²) in [7, 11) is 0. The van der Waals surface area contributed by atoms with Crippen LogP contribution in [0.5, 0.6) is 11.5 Å². The largest absolute Gasteiger partial charge is 0.508 e. The zero-order valence-corrected chi connectivity index (χ0v) is 38.7. The molecule has 0 unspecified atom stereocenters. The van der Waals surface area contributed by atoms with Crippen LogP contribution < -0.4 is 14.5 Å². The Bertz CT molecular complexity index is 2880. The van der Waals surface area contributed by atoms with Crippen molar-refractivity contribution >= 4 is 39.6 Å². The minimum absolute atomic E-state index is 0.00741. The second kappa shape index (κ2) is 16.7. The van der Waals surface area contributed by atoms with E-state index in [0.717, 1.165) is 105 Å². The van der Waals surface area contributed by atoms with Crippen LogP contribution in [0.15, 0.2) is 83.9 Å². The number of piperazine rings is 1. The number of fused-ring (bicyclic) bond motifs is 4. The summed E-state index contributed by atoms with van der Waals surface area (Å²) in [5.41, 5.74) is 8.70. The average molecular weight is 911 g/mol. The van der Waals surface area contributed by atoms with Crippen molar-refractivity contribution in [1.82, 2.24) is 24.6 Å². The molecule has 0 spiro atoms. The van der Waals surface area contributed by atoms with E-state index in [-0.39, 0.29) is 22.9 Å². The molecular weight excluding hydrogens is 858 g/mol. The van der Waals surface area contributed by atoms with E-state index in [0.29, 0.717) is 40.9 Å². The molecule has 340 valence electrons. The van der Waals surface area contributed by atoms with E-state index >= 15 is 8.78 Å². The summed E-state index contributed by atoms with van der Waals surface area (Å²) in [6, 6.07) is 22.9. The smallest absolute Gasteiger partial charge is 0.162 e. The average Bonchev–Trinajstić information content (AvgIpc) is 3.76. The summed E-state index contributed by atoms with van der Waals surface area (Å²) in [6.07, 6.45) is -0.841. The lowest BCUT2D eigenvalue weighted by atomic mass is 9.85. The van der Waals surface area contributed by atoms with Crippen LogP contribution in [-0.2, 0) is 0 Å². The lowest BCUT2D eigenvalue weighted by molar-refractivity contribution is 0.0961. The molecule has 0 aliphatic carbocycles. The van der Waals surface area contributed by atoms with Gasteiger partial charge in [0.1, 0.15) is 51.9 Å². The van der Waals surface area contributed by atoms with Crippen LogP contribution in [0.2, 0.25) is 0 Å². The SMILES string of the molecule is CC1=C(c2c(F)cc(F)cc2F)[C@@H](c2ccc(N3CC(CN4CCN(CC5CN(c6ccc(C7=N[C@@H](C)c8nnc(C)n8-c8sc(C)c(C)c87)cc6)C5)CC4)C3)cc2)Oc2ccc(O)cc21. The summed E-state index contributed by atoms with van der Waals surface area (Å²) >= 11 is 1.79. The van der Waals surface area contributed by atoms with Crippen molar-refractivity contribution in [3.05, 3.63) is 146 Å². The molecule has 2 atom stereocenters. The fourth-order valence-corrected chi connectivity index (χ4v) is 11.9. The van der Waals surface area contributed by atoms with Crippen LogP contribution in [0.25, 0.3) is 16.1 Å².